The molecule has 0 radical (unpaired) electrons. The van der Waals surface area contributed by atoms with Crippen molar-refractivity contribution in [2.45, 2.75) is 12.5 Å². The Morgan fingerprint density at radius 3 is 2.61 bits per heavy atom. The molecule has 2 aromatic rings. The molecule has 0 amide bonds. The van der Waals surface area contributed by atoms with Gasteiger partial charge < -0.3 is 0 Å². The molecule has 1 aromatic heterocycles. The highest BCUT2D eigenvalue weighted by atomic mass is 35.5. The fourth-order valence-electron chi connectivity index (χ4n) is 1.66. The summed E-state index contributed by atoms with van der Waals surface area (Å²) in [4.78, 5) is 1.01. The Morgan fingerprint density at radius 2 is 2.06 bits per heavy atom. The third-order valence-corrected chi connectivity index (χ3v) is 4.21. The zero-order chi connectivity index (χ0) is 13.1. The normalized spacial score (nSPS) is 12.7. The first-order chi connectivity index (χ1) is 8.60. The summed E-state index contributed by atoms with van der Waals surface area (Å²) in [6, 6.07) is 8.37. The van der Waals surface area contributed by atoms with Crippen LogP contribution in [0.15, 0.2) is 30.3 Å². The van der Waals surface area contributed by atoms with Gasteiger partial charge in [0.2, 0.25) is 0 Å². The van der Waals surface area contributed by atoms with Gasteiger partial charge in [-0.1, -0.05) is 29.3 Å². The van der Waals surface area contributed by atoms with Gasteiger partial charge in [-0.2, -0.15) is 0 Å². The van der Waals surface area contributed by atoms with Gasteiger partial charge >= 0.3 is 0 Å². The van der Waals surface area contributed by atoms with Gasteiger partial charge in [0.15, 0.2) is 0 Å². The van der Waals surface area contributed by atoms with Crippen molar-refractivity contribution in [2.24, 2.45) is 5.84 Å². The highest BCUT2D eigenvalue weighted by molar-refractivity contribution is 7.16. The van der Waals surface area contributed by atoms with E-state index in [1.54, 1.807) is 12.1 Å². The topological polar surface area (TPSA) is 38.0 Å². The smallest absolute Gasteiger partial charge is 0.142 e. The Labute approximate surface area is 118 Å². The van der Waals surface area contributed by atoms with Crippen LogP contribution in [-0.2, 0) is 6.42 Å². The maximum Gasteiger partial charge on any atom is 0.142 e. The molecule has 1 heterocycles. The van der Waals surface area contributed by atoms with Crippen LogP contribution in [0, 0.1) is 5.82 Å². The van der Waals surface area contributed by atoms with Crippen molar-refractivity contribution in [3.63, 3.8) is 0 Å². The fourth-order valence-corrected chi connectivity index (χ4v) is 2.90. The Morgan fingerprint density at radius 1 is 1.28 bits per heavy atom. The molecule has 0 saturated heterocycles. The van der Waals surface area contributed by atoms with Gasteiger partial charge in [-0.3, -0.25) is 11.3 Å². The van der Waals surface area contributed by atoms with Gasteiger partial charge in [-0.05, 0) is 36.2 Å². The minimum atomic E-state index is -0.422. The molecule has 0 bridgehead atoms. The number of thiophene rings is 1. The number of hydrogen-bond acceptors (Lipinski definition) is 3. The molecule has 1 aromatic carbocycles. The Bertz CT molecular complexity index is 545. The quantitative estimate of drug-likeness (QED) is 0.663. The molecule has 96 valence electrons. The van der Waals surface area contributed by atoms with Crippen molar-refractivity contribution in [2.75, 3.05) is 0 Å². The van der Waals surface area contributed by atoms with Crippen molar-refractivity contribution >= 4 is 34.5 Å². The van der Waals surface area contributed by atoms with E-state index < -0.39 is 5.82 Å². The van der Waals surface area contributed by atoms with E-state index in [9.17, 15) is 4.39 Å². The van der Waals surface area contributed by atoms with Crippen molar-refractivity contribution in [1.82, 2.24) is 5.43 Å². The van der Waals surface area contributed by atoms with E-state index in [1.807, 2.05) is 12.1 Å². The highest BCUT2D eigenvalue weighted by Crippen LogP contribution is 2.29. The molecule has 6 heteroatoms. The summed E-state index contributed by atoms with van der Waals surface area (Å²) in [5.41, 5.74) is 3.53. The van der Waals surface area contributed by atoms with Crippen molar-refractivity contribution in [3.8, 4) is 0 Å². The maximum absolute atomic E-state index is 13.3. The first-order valence-electron chi connectivity index (χ1n) is 5.25. The third-order valence-electron chi connectivity index (χ3n) is 2.56. The Balaban J connectivity index is 2.17. The number of hydrazine groups is 1. The highest BCUT2D eigenvalue weighted by Gasteiger charge is 2.13. The van der Waals surface area contributed by atoms with E-state index in [2.05, 4.69) is 5.43 Å². The van der Waals surface area contributed by atoms with Crippen LogP contribution in [0.1, 0.15) is 16.5 Å². The van der Waals surface area contributed by atoms with Gasteiger partial charge in [0.25, 0.3) is 0 Å². The van der Waals surface area contributed by atoms with Crippen LogP contribution in [0.4, 0.5) is 4.39 Å². The second-order valence-electron chi connectivity index (χ2n) is 3.81. The first kappa shape index (κ1) is 13.8. The predicted octanol–water partition coefficient (Wildman–Crippen LogP) is 3.94. The summed E-state index contributed by atoms with van der Waals surface area (Å²) in [6.45, 7) is 0. The minimum Gasteiger partial charge on any atom is -0.271 e. The standard InChI is InChI=1S/C12H11Cl2FN2S/c13-8-2-1-7(5-9(8)15)6-10(17-16)11-3-4-12(14)18-11/h1-5,10,17H,6,16H2. The Kier molecular flexibility index (Phi) is 4.59. The number of benzene rings is 1. The lowest BCUT2D eigenvalue weighted by atomic mass is 10.1. The van der Waals surface area contributed by atoms with E-state index in [1.165, 1.54) is 17.4 Å². The lowest BCUT2D eigenvalue weighted by molar-refractivity contribution is 0.557. The number of rotatable bonds is 4. The molecule has 1 atom stereocenters. The zero-order valence-corrected chi connectivity index (χ0v) is 11.6. The second kappa shape index (κ2) is 5.99. The van der Waals surface area contributed by atoms with Gasteiger partial charge in [0.1, 0.15) is 5.82 Å². The largest absolute Gasteiger partial charge is 0.271 e. The van der Waals surface area contributed by atoms with Crippen molar-refractivity contribution in [3.05, 3.63) is 55.9 Å². The number of halogens is 3. The lowest BCUT2D eigenvalue weighted by Crippen LogP contribution is -2.28. The average molecular weight is 305 g/mol. The molecule has 2 nitrogen and oxygen atoms in total. The van der Waals surface area contributed by atoms with E-state index in [0.29, 0.717) is 10.8 Å². The van der Waals surface area contributed by atoms with E-state index >= 15 is 0 Å². The summed E-state index contributed by atoms with van der Waals surface area (Å²) in [7, 11) is 0. The van der Waals surface area contributed by atoms with Gasteiger partial charge in [-0.15, -0.1) is 11.3 Å². The predicted molar refractivity (Wildman–Crippen MR) is 74.5 cm³/mol. The molecule has 0 fully saturated rings. The molecule has 0 saturated carbocycles. The third kappa shape index (κ3) is 3.22. The summed E-state index contributed by atoms with van der Waals surface area (Å²) in [6.07, 6.45) is 0.571. The van der Waals surface area contributed by atoms with Crippen LogP contribution in [0.5, 0.6) is 0 Å². The van der Waals surface area contributed by atoms with E-state index in [-0.39, 0.29) is 11.1 Å². The molecule has 0 aliphatic carbocycles. The molecule has 0 aliphatic heterocycles. The second-order valence-corrected chi connectivity index (χ2v) is 5.97. The molecule has 0 aliphatic rings. The number of nitrogens with two attached hydrogens (primary N) is 1. The average Bonchev–Trinajstić information content (AvgIpc) is 2.77. The molecule has 3 N–H and O–H groups in total. The van der Waals surface area contributed by atoms with Gasteiger partial charge in [0, 0.05) is 4.88 Å². The minimum absolute atomic E-state index is 0.0944. The number of hydrogen-bond donors (Lipinski definition) is 2. The van der Waals surface area contributed by atoms with Crippen molar-refractivity contribution < 1.29 is 4.39 Å². The Hall–Kier alpha value is -0.650. The van der Waals surface area contributed by atoms with Crippen LogP contribution >= 0.6 is 34.5 Å². The van der Waals surface area contributed by atoms with Crippen LogP contribution in [0.25, 0.3) is 0 Å². The van der Waals surface area contributed by atoms with Gasteiger partial charge in [-0.25, -0.2) is 4.39 Å². The SMILES string of the molecule is NNC(Cc1ccc(Cl)c(F)c1)c1ccc(Cl)s1. The lowest BCUT2D eigenvalue weighted by Gasteiger charge is -2.14. The van der Waals surface area contributed by atoms with Crippen LogP contribution in [-0.4, -0.2) is 0 Å². The maximum atomic E-state index is 13.3. The van der Waals surface area contributed by atoms with Crippen LogP contribution in [0.2, 0.25) is 9.36 Å². The van der Waals surface area contributed by atoms with Crippen LogP contribution < -0.4 is 11.3 Å². The van der Waals surface area contributed by atoms with Gasteiger partial charge in [0.05, 0.1) is 15.4 Å². The summed E-state index contributed by atoms with van der Waals surface area (Å²) in [5, 5.41) is 0.121. The van der Waals surface area contributed by atoms with Crippen LogP contribution in [0.3, 0.4) is 0 Å². The molecule has 0 spiro atoms. The molecule has 1 unspecified atom stereocenters. The molecule has 2 rings (SSSR count). The summed E-state index contributed by atoms with van der Waals surface area (Å²) >= 11 is 13.0. The summed E-state index contributed by atoms with van der Waals surface area (Å²) < 4.78 is 14.0. The molecule has 18 heavy (non-hydrogen) atoms. The monoisotopic (exact) mass is 304 g/mol. The molecular weight excluding hydrogens is 294 g/mol. The van der Waals surface area contributed by atoms with Crippen molar-refractivity contribution in [1.29, 1.82) is 0 Å². The van der Waals surface area contributed by atoms with E-state index in [4.69, 9.17) is 29.0 Å². The zero-order valence-electron chi connectivity index (χ0n) is 9.29. The van der Waals surface area contributed by atoms with E-state index in [0.717, 1.165) is 10.4 Å². The number of nitrogens with one attached hydrogen (secondary N) is 1. The fraction of sp³-hybridized carbons (Fsp3) is 0.167. The summed E-state index contributed by atoms with van der Waals surface area (Å²) in [5.74, 6) is 5.10. The first-order valence-corrected chi connectivity index (χ1v) is 6.82. The molecular formula is C12H11Cl2FN2S.